The molecule has 0 N–H and O–H groups in total. The van der Waals surface area contributed by atoms with Crippen molar-refractivity contribution in [1.29, 1.82) is 0 Å². The fraction of sp³-hybridized carbons (Fsp3) is 0.286. The molecule has 0 saturated heterocycles. The third kappa shape index (κ3) is 2.80. The number of thiophene rings is 1. The summed E-state index contributed by atoms with van der Waals surface area (Å²) in [4.78, 5) is 13.4. The Kier molecular flexibility index (Phi) is 3.61. The molecule has 66 valence electrons. The number of carbonyl (C=O) groups is 1. The van der Waals surface area contributed by atoms with Crippen LogP contribution in [0.15, 0.2) is 15.9 Å². The molecule has 5 heteroatoms. The van der Waals surface area contributed by atoms with E-state index in [9.17, 15) is 4.79 Å². The Bertz CT molecular complexity index is 287. The lowest BCUT2D eigenvalue weighted by Crippen LogP contribution is -2.19. The number of carbonyl (C=O) groups excluding carboxylic acids is 1. The lowest BCUT2D eigenvalue weighted by Gasteiger charge is -2.11. The summed E-state index contributed by atoms with van der Waals surface area (Å²) in [5, 5.41) is -0.209. The molecule has 0 atom stereocenters. The van der Waals surface area contributed by atoms with E-state index in [1.165, 1.54) is 0 Å². The first-order chi connectivity index (χ1) is 5.59. The Balaban J connectivity index is 2.58. The summed E-state index contributed by atoms with van der Waals surface area (Å²) >= 11 is 8.69. The van der Waals surface area contributed by atoms with Gasteiger partial charge in [-0.05, 0) is 28.1 Å². The van der Waals surface area contributed by atoms with E-state index >= 15 is 0 Å². The fourth-order valence-electron chi connectivity index (χ4n) is 0.738. The second-order valence-electron chi connectivity index (χ2n) is 2.34. The second kappa shape index (κ2) is 4.30. The zero-order chi connectivity index (χ0) is 9.14. The first-order valence-corrected chi connectivity index (χ1v) is 5.33. The summed E-state index contributed by atoms with van der Waals surface area (Å²) in [7, 11) is 1.73. The summed E-state index contributed by atoms with van der Waals surface area (Å²) in [5.41, 5.74) is 0. The molecule has 0 aromatic carbocycles. The highest BCUT2D eigenvalue weighted by Crippen LogP contribution is 2.23. The van der Waals surface area contributed by atoms with Crippen LogP contribution in [0.5, 0.6) is 0 Å². The summed E-state index contributed by atoms with van der Waals surface area (Å²) in [6, 6.07) is 3.96. The molecule has 1 heterocycles. The Labute approximate surface area is 89.1 Å². The third-order valence-electron chi connectivity index (χ3n) is 1.35. The first-order valence-electron chi connectivity index (χ1n) is 3.28. The number of nitrogens with zero attached hydrogens (tertiary/aromatic N) is 1. The zero-order valence-electron chi connectivity index (χ0n) is 6.45. The van der Waals surface area contributed by atoms with Crippen molar-refractivity contribution in [3.8, 4) is 0 Å². The number of amides is 1. The van der Waals surface area contributed by atoms with Crippen molar-refractivity contribution in [3.05, 3.63) is 20.8 Å². The van der Waals surface area contributed by atoms with Gasteiger partial charge < -0.3 is 4.90 Å². The predicted molar refractivity (Wildman–Crippen MR) is 57.9 cm³/mol. The van der Waals surface area contributed by atoms with E-state index in [2.05, 4.69) is 28.6 Å². The number of hydrogen-bond acceptors (Lipinski definition) is 2. The van der Waals surface area contributed by atoms with Gasteiger partial charge in [-0.25, -0.2) is 0 Å². The van der Waals surface area contributed by atoms with E-state index < -0.39 is 0 Å². The van der Waals surface area contributed by atoms with Crippen LogP contribution in [0.25, 0.3) is 0 Å². The topological polar surface area (TPSA) is 20.3 Å². The van der Waals surface area contributed by atoms with E-state index in [-0.39, 0.29) is 5.24 Å². The normalized spacial score (nSPS) is 9.92. The summed E-state index contributed by atoms with van der Waals surface area (Å²) < 4.78 is 1.08. The average molecular weight is 266 g/mol. The quantitative estimate of drug-likeness (QED) is 0.816. The Morgan fingerprint density at radius 3 is 2.83 bits per heavy atom. The molecule has 1 aromatic heterocycles. The minimum absolute atomic E-state index is 0.209. The van der Waals surface area contributed by atoms with Crippen LogP contribution in [0.1, 0.15) is 4.88 Å². The molecular formula is C7H8BrNOS2. The van der Waals surface area contributed by atoms with Crippen molar-refractivity contribution in [2.45, 2.75) is 6.54 Å². The van der Waals surface area contributed by atoms with Gasteiger partial charge in [-0.1, -0.05) is 12.6 Å². The van der Waals surface area contributed by atoms with Crippen LogP contribution in [-0.4, -0.2) is 17.2 Å². The van der Waals surface area contributed by atoms with E-state index in [4.69, 9.17) is 0 Å². The minimum atomic E-state index is -0.209. The van der Waals surface area contributed by atoms with E-state index in [1.54, 1.807) is 23.3 Å². The van der Waals surface area contributed by atoms with Crippen LogP contribution < -0.4 is 0 Å². The van der Waals surface area contributed by atoms with Crippen molar-refractivity contribution < 1.29 is 4.79 Å². The summed E-state index contributed by atoms with van der Waals surface area (Å²) in [5.74, 6) is 0. The standard InChI is InChI=1S/C7H8BrNOS2/c1-9(7(10)11)4-5-2-3-6(8)12-5/h2-3H,4H2,1H3,(H,10,11). The highest BCUT2D eigenvalue weighted by Gasteiger charge is 2.05. The largest absolute Gasteiger partial charge is 0.332 e. The fourth-order valence-corrected chi connectivity index (χ4v) is 2.35. The Hall–Kier alpha value is -0.000000000000000111. The lowest BCUT2D eigenvalue weighted by molar-refractivity contribution is 0.232. The maximum absolute atomic E-state index is 10.7. The van der Waals surface area contributed by atoms with Gasteiger partial charge in [0.25, 0.3) is 5.24 Å². The molecule has 0 radical (unpaired) electrons. The third-order valence-corrected chi connectivity index (χ3v) is 3.30. The zero-order valence-corrected chi connectivity index (χ0v) is 9.75. The predicted octanol–water partition coefficient (Wildman–Crippen LogP) is 2.99. The highest BCUT2D eigenvalue weighted by molar-refractivity contribution is 9.11. The lowest BCUT2D eigenvalue weighted by atomic mass is 10.4. The van der Waals surface area contributed by atoms with Gasteiger partial charge in [0.15, 0.2) is 0 Å². The Morgan fingerprint density at radius 2 is 2.42 bits per heavy atom. The molecule has 0 fully saturated rings. The van der Waals surface area contributed by atoms with Gasteiger partial charge in [-0.3, -0.25) is 4.79 Å². The molecule has 2 nitrogen and oxygen atoms in total. The van der Waals surface area contributed by atoms with Crippen LogP contribution >= 0.6 is 39.9 Å². The van der Waals surface area contributed by atoms with Crippen molar-refractivity contribution >= 4 is 45.1 Å². The van der Waals surface area contributed by atoms with E-state index in [0.717, 1.165) is 8.66 Å². The summed E-state index contributed by atoms with van der Waals surface area (Å²) in [6.07, 6.45) is 0. The second-order valence-corrected chi connectivity index (χ2v) is 5.27. The molecule has 12 heavy (non-hydrogen) atoms. The smallest absolute Gasteiger partial charge is 0.278 e. The first kappa shape index (κ1) is 10.1. The maximum atomic E-state index is 10.7. The van der Waals surface area contributed by atoms with Crippen LogP contribution in [0.4, 0.5) is 4.79 Å². The van der Waals surface area contributed by atoms with Crippen LogP contribution in [0.2, 0.25) is 0 Å². The molecule has 0 bridgehead atoms. The molecule has 0 aliphatic carbocycles. The van der Waals surface area contributed by atoms with Crippen molar-refractivity contribution in [1.82, 2.24) is 4.90 Å². The molecule has 0 saturated carbocycles. The van der Waals surface area contributed by atoms with Gasteiger partial charge in [0.2, 0.25) is 0 Å². The monoisotopic (exact) mass is 265 g/mol. The number of rotatable bonds is 2. The molecule has 0 aliphatic heterocycles. The maximum Gasteiger partial charge on any atom is 0.278 e. The van der Waals surface area contributed by atoms with Gasteiger partial charge in [-0.2, -0.15) is 0 Å². The van der Waals surface area contributed by atoms with Gasteiger partial charge in [0.05, 0.1) is 10.3 Å². The van der Waals surface area contributed by atoms with Crippen molar-refractivity contribution in [2.24, 2.45) is 0 Å². The molecule has 1 aromatic rings. The highest BCUT2D eigenvalue weighted by atomic mass is 79.9. The molecule has 0 spiro atoms. The number of hydrogen-bond donors (Lipinski definition) is 1. The Morgan fingerprint density at radius 1 is 1.75 bits per heavy atom. The molecule has 1 rings (SSSR count). The number of halogens is 1. The van der Waals surface area contributed by atoms with Gasteiger partial charge in [0, 0.05) is 11.9 Å². The van der Waals surface area contributed by atoms with Crippen LogP contribution in [0, 0.1) is 0 Å². The van der Waals surface area contributed by atoms with Crippen LogP contribution in [-0.2, 0) is 6.54 Å². The van der Waals surface area contributed by atoms with Crippen LogP contribution in [0.3, 0.4) is 0 Å². The van der Waals surface area contributed by atoms with Gasteiger partial charge >= 0.3 is 0 Å². The van der Waals surface area contributed by atoms with Crippen molar-refractivity contribution in [2.75, 3.05) is 7.05 Å². The molecular weight excluding hydrogens is 258 g/mol. The molecule has 0 unspecified atom stereocenters. The van der Waals surface area contributed by atoms with Crippen molar-refractivity contribution in [3.63, 3.8) is 0 Å². The van der Waals surface area contributed by atoms with Gasteiger partial charge in [-0.15, -0.1) is 11.3 Å². The molecule has 1 amide bonds. The van der Waals surface area contributed by atoms with Gasteiger partial charge in [0.1, 0.15) is 0 Å². The number of thiol groups is 1. The SMILES string of the molecule is CN(Cc1ccc(Br)s1)C(=O)S. The molecule has 0 aliphatic rings. The van der Waals surface area contributed by atoms with E-state index in [0.29, 0.717) is 6.54 Å². The minimum Gasteiger partial charge on any atom is -0.332 e. The van der Waals surface area contributed by atoms with E-state index in [1.807, 2.05) is 12.1 Å². The summed E-state index contributed by atoms with van der Waals surface area (Å²) in [6.45, 7) is 0.624. The average Bonchev–Trinajstić information content (AvgIpc) is 2.35.